The number of likely N-dealkylation sites (tertiary alicyclic amines) is 1. The summed E-state index contributed by atoms with van der Waals surface area (Å²) < 4.78 is 59.8. The summed E-state index contributed by atoms with van der Waals surface area (Å²) in [7, 11) is -2.21. The van der Waals surface area contributed by atoms with Gasteiger partial charge in [0.05, 0.1) is 23.9 Å². The Kier molecular flexibility index (Phi) is 8.19. The molecule has 42 heavy (non-hydrogen) atoms. The molecule has 1 fully saturated rings. The lowest BCUT2D eigenvalue weighted by molar-refractivity contribution is -0.131. The highest BCUT2D eigenvalue weighted by atomic mass is 32.2. The van der Waals surface area contributed by atoms with Gasteiger partial charge >= 0.3 is 0 Å². The van der Waals surface area contributed by atoms with Crippen molar-refractivity contribution < 1.29 is 31.2 Å². The monoisotopic (exact) mass is 594 g/mol. The molecule has 7 nitrogen and oxygen atoms in total. The van der Waals surface area contributed by atoms with E-state index in [1.54, 1.807) is 30.0 Å². The van der Waals surface area contributed by atoms with Crippen molar-refractivity contribution in [1.82, 2.24) is 4.90 Å². The molecule has 0 radical (unpaired) electrons. The number of fused-ring (bicyclic) bond motifs is 1. The highest BCUT2D eigenvalue weighted by Gasteiger charge is 2.31. The number of piperidine rings is 1. The number of furan rings is 1. The third kappa shape index (κ3) is 5.94. The van der Waals surface area contributed by atoms with E-state index in [-0.39, 0.29) is 36.3 Å². The van der Waals surface area contributed by atoms with Gasteiger partial charge < -0.3 is 9.32 Å². The highest BCUT2D eigenvalue weighted by molar-refractivity contribution is 7.92. The second-order valence-corrected chi connectivity index (χ2v) is 12.7. The van der Waals surface area contributed by atoms with Crippen LogP contribution in [0.3, 0.4) is 0 Å². The standard InChI is InChI=1S/C32H32F2N2O5S/c1-4-28(37)31-26-17-25(22-6-5-15-36(19-22)30(38)16-20-7-11-23(33)12-8-20)27(35(2)42(3,39)40)18-29(26)41-32(31)21-9-13-24(34)14-10-21/h7-14,17-18,22H,4-6,15-16,19H2,1-3H3/t22-/m0/s1. The quantitative estimate of drug-likeness (QED) is 0.223. The zero-order valence-corrected chi connectivity index (χ0v) is 24.5. The third-order valence-electron chi connectivity index (χ3n) is 7.86. The maximum absolute atomic E-state index is 13.7. The molecule has 0 unspecified atom stereocenters. The van der Waals surface area contributed by atoms with Crippen molar-refractivity contribution >= 4 is 38.4 Å². The zero-order valence-electron chi connectivity index (χ0n) is 23.7. The number of benzene rings is 3. The fourth-order valence-electron chi connectivity index (χ4n) is 5.53. The van der Waals surface area contributed by atoms with E-state index in [9.17, 15) is 26.8 Å². The minimum atomic E-state index is -3.67. The minimum Gasteiger partial charge on any atom is -0.455 e. The van der Waals surface area contributed by atoms with Crippen LogP contribution in [0.5, 0.6) is 0 Å². The van der Waals surface area contributed by atoms with Crippen molar-refractivity contribution in [3.8, 4) is 11.3 Å². The van der Waals surface area contributed by atoms with Crippen molar-refractivity contribution in [2.24, 2.45) is 0 Å². The number of ketones is 1. The largest absolute Gasteiger partial charge is 0.455 e. The van der Waals surface area contributed by atoms with Crippen LogP contribution in [0.25, 0.3) is 22.3 Å². The van der Waals surface area contributed by atoms with Gasteiger partial charge in [0.2, 0.25) is 15.9 Å². The van der Waals surface area contributed by atoms with Crippen LogP contribution in [0, 0.1) is 11.6 Å². The molecule has 0 spiro atoms. The van der Waals surface area contributed by atoms with Gasteiger partial charge in [0.15, 0.2) is 5.78 Å². The summed E-state index contributed by atoms with van der Waals surface area (Å²) in [6.07, 6.45) is 2.85. The Morgan fingerprint density at radius 2 is 1.67 bits per heavy atom. The maximum atomic E-state index is 13.7. The van der Waals surface area contributed by atoms with E-state index in [2.05, 4.69) is 0 Å². The molecule has 1 aromatic heterocycles. The average molecular weight is 595 g/mol. The van der Waals surface area contributed by atoms with Crippen LogP contribution in [0.2, 0.25) is 0 Å². The van der Waals surface area contributed by atoms with Crippen molar-refractivity contribution in [3.05, 3.63) is 89.0 Å². The molecule has 5 rings (SSSR count). The van der Waals surface area contributed by atoms with Crippen LogP contribution in [-0.2, 0) is 21.2 Å². The smallest absolute Gasteiger partial charge is 0.232 e. The predicted octanol–water partition coefficient (Wildman–Crippen LogP) is 6.32. The van der Waals surface area contributed by atoms with Crippen molar-refractivity contribution in [2.45, 2.75) is 38.5 Å². The van der Waals surface area contributed by atoms with E-state index in [1.807, 2.05) is 6.07 Å². The molecule has 1 atom stereocenters. The first-order valence-corrected chi connectivity index (χ1v) is 15.7. The van der Waals surface area contributed by atoms with E-state index in [1.165, 1.54) is 47.8 Å². The van der Waals surface area contributed by atoms with Gasteiger partial charge in [-0.2, -0.15) is 0 Å². The van der Waals surface area contributed by atoms with Gasteiger partial charge in [0.25, 0.3) is 0 Å². The molecule has 10 heteroatoms. The molecule has 1 aliphatic heterocycles. The number of carbonyl (C=O) groups is 2. The Morgan fingerprint density at radius 3 is 2.29 bits per heavy atom. The summed E-state index contributed by atoms with van der Waals surface area (Å²) in [5.41, 5.74) is 3.01. The normalized spacial score (nSPS) is 15.6. The first-order chi connectivity index (χ1) is 20.0. The summed E-state index contributed by atoms with van der Waals surface area (Å²) in [6.45, 7) is 2.65. The van der Waals surface area contributed by atoms with Gasteiger partial charge in [0, 0.05) is 49.5 Å². The number of halogens is 2. The molecule has 1 saturated heterocycles. The fraction of sp³-hybridized carbons (Fsp3) is 0.312. The molecule has 3 aromatic carbocycles. The van der Waals surface area contributed by atoms with Crippen LogP contribution in [-0.4, -0.2) is 51.4 Å². The zero-order chi connectivity index (χ0) is 30.2. The number of Topliss-reactive ketones (excluding diaryl/α,β-unsaturated/α-hetero) is 1. The summed E-state index contributed by atoms with van der Waals surface area (Å²) in [5, 5.41) is 0.539. The van der Waals surface area contributed by atoms with Crippen LogP contribution in [0.15, 0.2) is 65.1 Å². The Balaban J connectivity index is 1.60. The highest BCUT2D eigenvalue weighted by Crippen LogP contribution is 2.42. The number of hydrogen-bond acceptors (Lipinski definition) is 5. The molecule has 0 bridgehead atoms. The lowest BCUT2D eigenvalue weighted by atomic mass is 9.87. The second-order valence-electron chi connectivity index (χ2n) is 10.7. The van der Waals surface area contributed by atoms with Crippen molar-refractivity contribution in [1.29, 1.82) is 0 Å². The van der Waals surface area contributed by atoms with Gasteiger partial charge in [-0.25, -0.2) is 17.2 Å². The van der Waals surface area contributed by atoms with Crippen molar-refractivity contribution in [3.63, 3.8) is 0 Å². The van der Waals surface area contributed by atoms with E-state index in [0.29, 0.717) is 70.6 Å². The number of rotatable bonds is 8. The van der Waals surface area contributed by atoms with Crippen LogP contribution in [0.1, 0.15) is 53.6 Å². The van der Waals surface area contributed by atoms with E-state index >= 15 is 0 Å². The van der Waals surface area contributed by atoms with E-state index in [4.69, 9.17) is 4.42 Å². The molecule has 2 heterocycles. The number of hydrogen-bond donors (Lipinski definition) is 0. The maximum Gasteiger partial charge on any atom is 0.232 e. The van der Waals surface area contributed by atoms with Crippen LogP contribution < -0.4 is 4.31 Å². The van der Waals surface area contributed by atoms with E-state index in [0.717, 1.165) is 6.26 Å². The van der Waals surface area contributed by atoms with Gasteiger partial charge in [-0.05, 0) is 66.4 Å². The minimum absolute atomic E-state index is 0.103. The summed E-state index contributed by atoms with van der Waals surface area (Å²) >= 11 is 0. The SMILES string of the molecule is CCC(=O)c1c(-c2ccc(F)cc2)oc2cc(N(C)S(C)(=O)=O)c([C@H]3CCCN(C(=O)Cc4ccc(F)cc4)C3)cc12. The Labute approximate surface area is 243 Å². The molecular formula is C32H32F2N2O5S. The number of carbonyl (C=O) groups excluding carboxylic acids is 2. The van der Waals surface area contributed by atoms with Gasteiger partial charge in [-0.3, -0.25) is 13.9 Å². The lowest BCUT2D eigenvalue weighted by Crippen LogP contribution is -2.40. The second kappa shape index (κ2) is 11.7. The number of nitrogens with zero attached hydrogens (tertiary/aromatic N) is 2. The number of sulfonamides is 1. The molecule has 0 aliphatic carbocycles. The first-order valence-electron chi connectivity index (χ1n) is 13.8. The third-order valence-corrected chi connectivity index (χ3v) is 9.05. The molecule has 220 valence electrons. The fourth-order valence-corrected chi connectivity index (χ4v) is 6.05. The molecule has 0 saturated carbocycles. The summed E-state index contributed by atoms with van der Waals surface area (Å²) in [5.74, 6) is -0.981. The topological polar surface area (TPSA) is 87.9 Å². The summed E-state index contributed by atoms with van der Waals surface area (Å²) in [4.78, 5) is 28.2. The van der Waals surface area contributed by atoms with Crippen molar-refractivity contribution in [2.75, 3.05) is 30.7 Å². The summed E-state index contributed by atoms with van der Waals surface area (Å²) in [6, 6.07) is 14.9. The lowest BCUT2D eigenvalue weighted by Gasteiger charge is -2.35. The first kappa shape index (κ1) is 29.4. The van der Waals surface area contributed by atoms with E-state index < -0.39 is 15.8 Å². The molecule has 4 aromatic rings. The van der Waals surface area contributed by atoms with Gasteiger partial charge in [-0.1, -0.05) is 19.1 Å². The Bertz CT molecular complexity index is 1750. The molecule has 1 aliphatic rings. The van der Waals surface area contributed by atoms with Gasteiger partial charge in [-0.15, -0.1) is 0 Å². The molecule has 1 amide bonds. The van der Waals surface area contributed by atoms with Crippen LogP contribution >= 0.6 is 0 Å². The van der Waals surface area contributed by atoms with Crippen LogP contribution in [0.4, 0.5) is 14.5 Å². The molecule has 0 N–H and O–H groups in total. The Hall–Kier alpha value is -4.05. The average Bonchev–Trinajstić information content (AvgIpc) is 3.35. The number of amides is 1. The Morgan fingerprint density at radius 1 is 1.02 bits per heavy atom. The predicted molar refractivity (Wildman–Crippen MR) is 158 cm³/mol. The number of anilines is 1. The van der Waals surface area contributed by atoms with Gasteiger partial charge in [0.1, 0.15) is 23.0 Å². The molecular weight excluding hydrogens is 562 g/mol.